The number of rotatable bonds is 7. The van der Waals surface area contributed by atoms with Crippen molar-refractivity contribution in [2.24, 2.45) is 0 Å². The van der Waals surface area contributed by atoms with E-state index in [0.29, 0.717) is 29.9 Å². The SMILES string of the molecule is CC1CC(c2ccc(F)cc2F)CCN1Cc1ccc(COc2cccc3c2CN(C2CCC(=O)NC2=O)C3=O)cc1. The van der Waals surface area contributed by atoms with Crippen LogP contribution >= 0.6 is 0 Å². The first-order valence-electron chi connectivity index (χ1n) is 14.4. The van der Waals surface area contributed by atoms with Crippen molar-refractivity contribution in [3.05, 3.63) is 100 Å². The Balaban J connectivity index is 1.04. The van der Waals surface area contributed by atoms with Gasteiger partial charge in [-0.25, -0.2) is 8.78 Å². The number of carbonyl (C=O) groups is 3. The molecule has 0 saturated carbocycles. The van der Waals surface area contributed by atoms with E-state index in [9.17, 15) is 23.2 Å². The lowest BCUT2D eigenvalue weighted by atomic mass is 9.85. The number of likely N-dealkylation sites (tertiary alicyclic amines) is 1. The van der Waals surface area contributed by atoms with Crippen LogP contribution in [0.2, 0.25) is 0 Å². The van der Waals surface area contributed by atoms with E-state index in [0.717, 1.165) is 43.1 Å². The monoisotopic (exact) mass is 573 g/mol. The molecule has 7 nitrogen and oxygen atoms in total. The summed E-state index contributed by atoms with van der Waals surface area (Å²) in [6.45, 7) is 4.36. The number of nitrogens with one attached hydrogen (secondary N) is 1. The predicted octanol–water partition coefficient (Wildman–Crippen LogP) is 5.07. The fourth-order valence-corrected chi connectivity index (χ4v) is 6.40. The third kappa shape index (κ3) is 5.66. The van der Waals surface area contributed by atoms with E-state index >= 15 is 0 Å². The minimum absolute atomic E-state index is 0.0854. The molecule has 3 unspecified atom stereocenters. The molecule has 2 saturated heterocycles. The smallest absolute Gasteiger partial charge is 0.255 e. The Morgan fingerprint density at radius 2 is 1.76 bits per heavy atom. The number of nitrogens with zero attached hydrogens (tertiary/aromatic N) is 2. The molecule has 3 heterocycles. The van der Waals surface area contributed by atoms with Crippen LogP contribution in [0.4, 0.5) is 8.78 Å². The van der Waals surface area contributed by atoms with Crippen molar-refractivity contribution in [2.75, 3.05) is 6.54 Å². The van der Waals surface area contributed by atoms with Gasteiger partial charge in [0.2, 0.25) is 11.8 Å². The highest BCUT2D eigenvalue weighted by molar-refractivity contribution is 6.05. The summed E-state index contributed by atoms with van der Waals surface area (Å²) in [5, 5.41) is 2.33. The molecule has 9 heteroatoms. The fraction of sp³-hybridized carbons (Fsp3) is 0.364. The highest BCUT2D eigenvalue weighted by Crippen LogP contribution is 2.35. The zero-order valence-corrected chi connectivity index (χ0v) is 23.4. The molecule has 6 rings (SSSR count). The molecule has 0 spiro atoms. The third-order valence-electron chi connectivity index (χ3n) is 8.76. The lowest BCUT2D eigenvalue weighted by Gasteiger charge is -2.38. The van der Waals surface area contributed by atoms with Crippen molar-refractivity contribution < 1.29 is 27.9 Å². The number of benzene rings is 3. The summed E-state index contributed by atoms with van der Waals surface area (Å²) in [4.78, 5) is 40.9. The zero-order valence-electron chi connectivity index (χ0n) is 23.4. The Kier molecular flexibility index (Phi) is 7.77. The Labute approximate surface area is 243 Å². The minimum atomic E-state index is -0.666. The maximum Gasteiger partial charge on any atom is 0.255 e. The number of amides is 3. The first-order valence-corrected chi connectivity index (χ1v) is 14.4. The minimum Gasteiger partial charge on any atom is -0.489 e. The molecule has 3 aromatic rings. The molecule has 1 N–H and O–H groups in total. The van der Waals surface area contributed by atoms with Gasteiger partial charge in [-0.3, -0.25) is 24.6 Å². The van der Waals surface area contributed by atoms with Crippen LogP contribution < -0.4 is 10.1 Å². The van der Waals surface area contributed by atoms with Crippen molar-refractivity contribution in [1.29, 1.82) is 0 Å². The molecule has 3 amide bonds. The molecule has 0 radical (unpaired) electrons. The van der Waals surface area contributed by atoms with Crippen LogP contribution in [0.5, 0.6) is 5.75 Å². The lowest BCUT2D eigenvalue weighted by Crippen LogP contribution is -2.52. The molecule has 0 aliphatic carbocycles. The van der Waals surface area contributed by atoms with Gasteiger partial charge >= 0.3 is 0 Å². The largest absolute Gasteiger partial charge is 0.489 e. The lowest BCUT2D eigenvalue weighted by molar-refractivity contribution is -0.136. The number of hydrogen-bond donors (Lipinski definition) is 1. The maximum absolute atomic E-state index is 14.3. The van der Waals surface area contributed by atoms with Crippen LogP contribution in [0.3, 0.4) is 0 Å². The fourth-order valence-electron chi connectivity index (χ4n) is 6.40. The van der Waals surface area contributed by atoms with Gasteiger partial charge in [0.1, 0.15) is 30.0 Å². The van der Waals surface area contributed by atoms with Gasteiger partial charge in [-0.15, -0.1) is 0 Å². The molecular formula is C33H33F2N3O4. The number of piperidine rings is 2. The number of carbonyl (C=O) groups excluding carboxylic acids is 3. The summed E-state index contributed by atoms with van der Waals surface area (Å²) < 4.78 is 33.8. The number of halogens is 2. The normalized spacial score (nSPS) is 22.7. The van der Waals surface area contributed by atoms with E-state index in [2.05, 4.69) is 29.3 Å². The molecule has 0 bridgehead atoms. The van der Waals surface area contributed by atoms with Crippen LogP contribution in [0, 0.1) is 11.6 Å². The molecule has 3 aliphatic heterocycles. The van der Waals surface area contributed by atoms with Crippen molar-refractivity contribution in [2.45, 2.75) is 70.3 Å². The molecule has 218 valence electrons. The highest BCUT2D eigenvalue weighted by Gasteiger charge is 2.40. The average Bonchev–Trinajstić information content (AvgIpc) is 3.30. The maximum atomic E-state index is 14.3. The van der Waals surface area contributed by atoms with Crippen molar-refractivity contribution in [1.82, 2.24) is 15.1 Å². The Bertz CT molecular complexity index is 1530. The summed E-state index contributed by atoms with van der Waals surface area (Å²) in [5.74, 6) is -1.29. The second-order valence-electron chi connectivity index (χ2n) is 11.5. The predicted molar refractivity (Wildman–Crippen MR) is 151 cm³/mol. The number of imide groups is 1. The Morgan fingerprint density at radius 3 is 2.50 bits per heavy atom. The Morgan fingerprint density at radius 1 is 0.976 bits per heavy atom. The molecule has 2 fully saturated rings. The van der Waals surface area contributed by atoms with Gasteiger partial charge in [-0.05, 0) is 73.5 Å². The summed E-state index contributed by atoms with van der Waals surface area (Å²) in [7, 11) is 0. The summed E-state index contributed by atoms with van der Waals surface area (Å²) in [6, 6.07) is 17.1. The first-order chi connectivity index (χ1) is 20.3. The van der Waals surface area contributed by atoms with Gasteiger partial charge in [-0.1, -0.05) is 36.4 Å². The molecule has 3 aliphatic rings. The summed E-state index contributed by atoms with van der Waals surface area (Å²) in [5.41, 5.74) is 4.03. The van der Waals surface area contributed by atoms with Crippen molar-refractivity contribution in [3.8, 4) is 5.75 Å². The molecule has 3 atom stereocenters. The molecule has 42 heavy (non-hydrogen) atoms. The number of fused-ring (bicyclic) bond motifs is 1. The van der Waals surface area contributed by atoms with E-state index in [4.69, 9.17) is 4.74 Å². The highest BCUT2D eigenvalue weighted by atomic mass is 19.1. The van der Waals surface area contributed by atoms with E-state index in [-0.39, 0.29) is 36.7 Å². The van der Waals surface area contributed by atoms with E-state index in [1.54, 1.807) is 18.2 Å². The second-order valence-corrected chi connectivity index (χ2v) is 11.5. The second kappa shape index (κ2) is 11.6. The van der Waals surface area contributed by atoms with Crippen LogP contribution in [0.15, 0.2) is 60.7 Å². The third-order valence-corrected chi connectivity index (χ3v) is 8.76. The van der Waals surface area contributed by atoms with Gasteiger partial charge in [0, 0.05) is 36.2 Å². The van der Waals surface area contributed by atoms with Crippen LogP contribution in [-0.2, 0) is 29.3 Å². The van der Waals surface area contributed by atoms with Gasteiger partial charge in [0.15, 0.2) is 0 Å². The van der Waals surface area contributed by atoms with E-state index in [1.165, 1.54) is 16.5 Å². The quantitative estimate of drug-likeness (QED) is 0.400. The number of hydrogen-bond acceptors (Lipinski definition) is 5. The van der Waals surface area contributed by atoms with Gasteiger partial charge in [0.05, 0.1) is 6.54 Å². The number of ether oxygens (including phenoxy) is 1. The van der Waals surface area contributed by atoms with Crippen molar-refractivity contribution >= 4 is 17.7 Å². The van der Waals surface area contributed by atoms with Gasteiger partial charge in [-0.2, -0.15) is 0 Å². The Hall–Kier alpha value is -4.11. The zero-order chi connectivity index (χ0) is 29.4. The van der Waals surface area contributed by atoms with E-state index in [1.807, 2.05) is 18.2 Å². The first kappa shape index (κ1) is 28.0. The summed E-state index contributed by atoms with van der Waals surface area (Å²) >= 11 is 0. The molecular weight excluding hydrogens is 540 g/mol. The van der Waals surface area contributed by atoms with Crippen LogP contribution in [0.1, 0.15) is 71.1 Å². The molecule has 0 aromatic heterocycles. The molecule has 3 aromatic carbocycles. The van der Waals surface area contributed by atoms with Crippen LogP contribution in [0.25, 0.3) is 0 Å². The van der Waals surface area contributed by atoms with E-state index < -0.39 is 23.6 Å². The van der Waals surface area contributed by atoms with Gasteiger partial charge in [0.25, 0.3) is 5.91 Å². The van der Waals surface area contributed by atoms with Crippen molar-refractivity contribution in [3.63, 3.8) is 0 Å². The van der Waals surface area contributed by atoms with Crippen LogP contribution in [-0.4, -0.2) is 46.1 Å². The summed E-state index contributed by atoms with van der Waals surface area (Å²) in [6.07, 6.45) is 2.17. The topological polar surface area (TPSA) is 79.0 Å². The van der Waals surface area contributed by atoms with Gasteiger partial charge < -0.3 is 9.64 Å². The average molecular weight is 574 g/mol. The standard InChI is InChI=1S/C33H33F2N3O4/c1-20-15-23(25-10-9-24(34)16-28(25)35)13-14-37(20)17-21-5-7-22(8-6-21)19-42-30-4-2-3-26-27(30)18-38(33(26)41)29-11-12-31(39)36-32(29)40/h2-10,16,20,23,29H,11-15,17-19H2,1H3,(H,36,39,40).